The third kappa shape index (κ3) is 7.51. The molecule has 2 aromatic rings. The molecule has 1 fully saturated rings. The van der Waals surface area contributed by atoms with Crippen LogP contribution in [0, 0.1) is 0 Å². The van der Waals surface area contributed by atoms with Gasteiger partial charge >= 0.3 is 0 Å². The maximum atomic E-state index is 11.3. The number of nitrogens with zero attached hydrogens (tertiary/aromatic N) is 2. The third-order valence-electron chi connectivity index (χ3n) is 4.32. The molecule has 0 amide bonds. The van der Waals surface area contributed by atoms with E-state index in [4.69, 9.17) is 9.15 Å². The lowest BCUT2D eigenvalue weighted by atomic mass is 10.1. The number of methoxy groups -OCH3 is 1. The first kappa shape index (κ1) is 24.7. The maximum absolute atomic E-state index is 11.3. The molecule has 7 heteroatoms. The minimum atomic E-state index is 0.291. The molecule has 0 saturated carbocycles. The number of nitrogens with one attached hydrogen (secondary N) is 1. The number of pyridine rings is 1. The predicted octanol–water partition coefficient (Wildman–Crippen LogP) is 4.44. The average molecular weight is 406 g/mol. The van der Waals surface area contributed by atoms with Crippen LogP contribution >= 0.6 is 0 Å². The highest BCUT2D eigenvalue weighted by Crippen LogP contribution is 2.28. The van der Waals surface area contributed by atoms with Crippen LogP contribution in [0.5, 0.6) is 0 Å². The van der Waals surface area contributed by atoms with Gasteiger partial charge in [-0.15, -0.1) is 0 Å². The molecule has 3 rings (SSSR count). The third-order valence-corrected chi connectivity index (χ3v) is 4.32. The number of carbonyl (C=O) groups excluding carboxylic acids is 1. The minimum absolute atomic E-state index is 0.291. The smallest absolute Gasteiger partial charge is 0.185 e. The fourth-order valence-electron chi connectivity index (χ4n) is 2.95. The lowest BCUT2D eigenvalue weighted by Gasteiger charge is -2.29. The molecule has 3 heterocycles. The molecule has 29 heavy (non-hydrogen) atoms. The summed E-state index contributed by atoms with van der Waals surface area (Å²) in [4.78, 5) is 18.0. The molecule has 2 aromatic heterocycles. The molecule has 0 spiro atoms. The SMILES string of the molecule is CC.CCO/C=C/c1c(C=O)oc2cnc(NC3CCN(C)CC3)cc12.COC. The van der Waals surface area contributed by atoms with Crippen molar-refractivity contribution in [3.63, 3.8) is 0 Å². The van der Waals surface area contributed by atoms with Gasteiger partial charge < -0.3 is 24.1 Å². The van der Waals surface area contributed by atoms with Gasteiger partial charge in [0.1, 0.15) is 5.82 Å². The normalized spacial score (nSPS) is 14.7. The first-order valence-corrected chi connectivity index (χ1v) is 10.1. The number of likely N-dealkylation sites (tertiary alicyclic amines) is 1. The van der Waals surface area contributed by atoms with Gasteiger partial charge in [-0.1, -0.05) is 13.8 Å². The second-order valence-electron chi connectivity index (χ2n) is 6.45. The van der Waals surface area contributed by atoms with Crippen molar-refractivity contribution in [2.24, 2.45) is 0 Å². The molecule has 1 aliphatic rings. The number of aromatic nitrogens is 1. The highest BCUT2D eigenvalue weighted by molar-refractivity contribution is 5.96. The number of carbonyl (C=O) groups is 1. The average Bonchev–Trinajstić information content (AvgIpc) is 3.09. The quantitative estimate of drug-likeness (QED) is 0.562. The Kier molecular flexibility index (Phi) is 11.7. The van der Waals surface area contributed by atoms with Gasteiger partial charge in [0.15, 0.2) is 17.6 Å². The number of furan rings is 1. The number of anilines is 1. The summed E-state index contributed by atoms with van der Waals surface area (Å²) in [5, 5.41) is 4.35. The number of ether oxygens (including phenoxy) is 2. The zero-order valence-corrected chi connectivity index (χ0v) is 18.5. The monoisotopic (exact) mass is 405 g/mol. The molecular weight excluding hydrogens is 370 g/mol. The van der Waals surface area contributed by atoms with Gasteiger partial charge in [-0.25, -0.2) is 4.98 Å². The van der Waals surface area contributed by atoms with E-state index in [1.54, 1.807) is 32.8 Å². The summed E-state index contributed by atoms with van der Waals surface area (Å²) in [6.07, 6.45) is 7.92. The number of hydrogen-bond acceptors (Lipinski definition) is 7. The molecule has 0 bridgehead atoms. The molecule has 0 atom stereocenters. The molecular formula is C22H35N3O4. The van der Waals surface area contributed by atoms with Crippen LogP contribution < -0.4 is 5.32 Å². The standard InChI is InChI=1S/C18H23N3O3.C2H6O.C2H6/c1-3-23-9-6-14-15-10-18(19-11-16(15)24-17(14)12-22)20-13-4-7-21(2)8-5-13;1-3-2;1-2/h6,9-13H,3-5,7-8H2,1-2H3,(H,19,20);1-2H3;1-2H3/b9-6+;;. The summed E-state index contributed by atoms with van der Waals surface area (Å²) < 4.78 is 15.1. The van der Waals surface area contributed by atoms with Crippen molar-refractivity contribution in [3.05, 3.63) is 29.8 Å². The summed E-state index contributed by atoms with van der Waals surface area (Å²) in [5.74, 6) is 1.10. The van der Waals surface area contributed by atoms with Crippen LogP contribution in [0.1, 0.15) is 49.7 Å². The molecule has 0 radical (unpaired) electrons. The number of rotatable bonds is 6. The zero-order chi connectivity index (χ0) is 21.6. The van der Waals surface area contributed by atoms with Gasteiger partial charge in [0.2, 0.25) is 0 Å². The van der Waals surface area contributed by atoms with Crippen molar-refractivity contribution in [1.29, 1.82) is 0 Å². The Hall–Kier alpha value is -2.38. The van der Waals surface area contributed by atoms with Crippen LogP contribution in [0.3, 0.4) is 0 Å². The highest BCUT2D eigenvalue weighted by atomic mass is 16.5. The van der Waals surface area contributed by atoms with Crippen molar-refractivity contribution < 1.29 is 18.7 Å². The molecule has 1 N–H and O–H groups in total. The molecule has 0 aromatic carbocycles. The van der Waals surface area contributed by atoms with Crippen LogP contribution in [0.25, 0.3) is 17.0 Å². The summed E-state index contributed by atoms with van der Waals surface area (Å²) in [5.41, 5.74) is 1.32. The van der Waals surface area contributed by atoms with E-state index in [-0.39, 0.29) is 0 Å². The van der Waals surface area contributed by atoms with E-state index in [9.17, 15) is 4.79 Å². The molecule has 1 aliphatic heterocycles. The van der Waals surface area contributed by atoms with Crippen molar-refractivity contribution in [2.75, 3.05) is 46.3 Å². The summed E-state index contributed by atoms with van der Waals surface area (Å²) in [7, 11) is 5.39. The fourth-order valence-corrected chi connectivity index (χ4v) is 2.95. The van der Waals surface area contributed by atoms with Gasteiger partial charge in [-0.3, -0.25) is 4.79 Å². The Bertz CT molecular complexity index is 750. The van der Waals surface area contributed by atoms with Gasteiger partial charge in [-0.2, -0.15) is 0 Å². The largest absolute Gasteiger partial charge is 0.501 e. The summed E-state index contributed by atoms with van der Waals surface area (Å²) in [6, 6.07) is 2.36. The first-order valence-electron chi connectivity index (χ1n) is 10.1. The van der Waals surface area contributed by atoms with Gasteiger partial charge in [-0.05, 0) is 52.0 Å². The predicted molar refractivity (Wildman–Crippen MR) is 118 cm³/mol. The molecule has 0 unspecified atom stereocenters. The van der Waals surface area contributed by atoms with Crippen LogP contribution in [-0.2, 0) is 9.47 Å². The zero-order valence-electron chi connectivity index (χ0n) is 18.5. The Morgan fingerprint density at radius 3 is 2.55 bits per heavy atom. The van der Waals surface area contributed by atoms with Crippen molar-refractivity contribution in [3.8, 4) is 0 Å². The van der Waals surface area contributed by atoms with E-state index in [2.05, 4.69) is 27.0 Å². The number of piperidine rings is 1. The topological polar surface area (TPSA) is 76.8 Å². The minimum Gasteiger partial charge on any atom is -0.501 e. The van der Waals surface area contributed by atoms with Crippen molar-refractivity contribution in [2.45, 2.75) is 39.7 Å². The molecule has 1 saturated heterocycles. The Labute approximate surface area is 174 Å². The number of aldehydes is 1. The van der Waals surface area contributed by atoms with Gasteiger partial charge in [0, 0.05) is 31.2 Å². The second kappa shape index (κ2) is 13.7. The van der Waals surface area contributed by atoms with Gasteiger partial charge in [0.05, 0.1) is 19.1 Å². The number of fused-ring (bicyclic) bond motifs is 1. The molecule has 7 nitrogen and oxygen atoms in total. The van der Waals surface area contributed by atoms with E-state index in [0.29, 0.717) is 24.0 Å². The molecule has 162 valence electrons. The lowest BCUT2D eigenvalue weighted by Crippen LogP contribution is -2.36. The van der Waals surface area contributed by atoms with Crippen LogP contribution in [0.15, 0.2) is 22.9 Å². The van der Waals surface area contributed by atoms with Gasteiger partial charge in [0.25, 0.3) is 0 Å². The highest BCUT2D eigenvalue weighted by Gasteiger charge is 2.18. The fraction of sp³-hybridized carbons (Fsp3) is 0.545. The second-order valence-corrected chi connectivity index (χ2v) is 6.45. The summed E-state index contributed by atoms with van der Waals surface area (Å²) >= 11 is 0. The molecule has 0 aliphatic carbocycles. The van der Waals surface area contributed by atoms with Crippen molar-refractivity contribution in [1.82, 2.24) is 9.88 Å². The summed E-state index contributed by atoms with van der Waals surface area (Å²) in [6.45, 7) is 8.66. The number of hydrogen-bond donors (Lipinski definition) is 1. The van der Waals surface area contributed by atoms with E-state index in [1.807, 2.05) is 26.8 Å². The Morgan fingerprint density at radius 2 is 1.97 bits per heavy atom. The van der Waals surface area contributed by atoms with E-state index in [0.717, 1.165) is 49.0 Å². The van der Waals surface area contributed by atoms with Crippen molar-refractivity contribution >= 4 is 29.1 Å². The van der Waals surface area contributed by atoms with Crippen LogP contribution in [0.2, 0.25) is 0 Å². The van der Waals surface area contributed by atoms with Crippen LogP contribution in [-0.4, -0.2) is 63.2 Å². The first-order chi connectivity index (χ1) is 14.1. The Morgan fingerprint density at radius 1 is 1.31 bits per heavy atom. The van der Waals surface area contributed by atoms with E-state index < -0.39 is 0 Å². The lowest BCUT2D eigenvalue weighted by molar-refractivity contribution is 0.110. The van der Waals surface area contributed by atoms with E-state index >= 15 is 0 Å². The Balaban J connectivity index is 0.000000771. The maximum Gasteiger partial charge on any atom is 0.185 e. The van der Waals surface area contributed by atoms with Crippen LogP contribution in [0.4, 0.5) is 5.82 Å². The van der Waals surface area contributed by atoms with E-state index in [1.165, 1.54) is 0 Å².